The molecule has 1 aromatic heterocycles. The van der Waals surface area contributed by atoms with Crippen molar-refractivity contribution >= 4 is 11.6 Å². The molecule has 0 spiro atoms. The predicted molar refractivity (Wildman–Crippen MR) is 103 cm³/mol. The number of nitrogens with one attached hydrogen (secondary N) is 1. The molecule has 1 N–H and O–H groups in total. The van der Waals surface area contributed by atoms with Crippen LogP contribution in [-0.2, 0) is 4.74 Å². The van der Waals surface area contributed by atoms with Crippen molar-refractivity contribution in [2.24, 2.45) is 0 Å². The third kappa shape index (κ3) is 5.10. The smallest absolute Gasteiger partial charge is 0.251 e. The van der Waals surface area contributed by atoms with Crippen LogP contribution in [0.5, 0.6) is 11.5 Å². The molecule has 1 aliphatic heterocycles. The fourth-order valence-electron chi connectivity index (χ4n) is 2.91. The Morgan fingerprint density at radius 1 is 1.33 bits per heavy atom. The fourth-order valence-corrected chi connectivity index (χ4v) is 2.91. The van der Waals surface area contributed by atoms with Crippen LogP contribution in [-0.4, -0.2) is 57.0 Å². The zero-order chi connectivity index (χ0) is 19.1. The molecule has 1 saturated heterocycles. The molecule has 0 radical (unpaired) electrons. The Kier molecular flexibility index (Phi) is 6.49. The molecule has 27 heavy (non-hydrogen) atoms. The number of pyridine rings is 1. The molecular weight excluding hydrogens is 346 g/mol. The molecule has 3 rings (SSSR count). The van der Waals surface area contributed by atoms with Gasteiger partial charge >= 0.3 is 0 Å². The summed E-state index contributed by atoms with van der Waals surface area (Å²) in [4.78, 5) is 18.8. The molecule has 2 heterocycles. The number of hydrogen-bond acceptors (Lipinski definition) is 6. The lowest BCUT2D eigenvalue weighted by molar-refractivity contribution is 0.0932. The van der Waals surface area contributed by atoms with E-state index in [9.17, 15) is 4.79 Å². The van der Waals surface area contributed by atoms with Gasteiger partial charge in [0.1, 0.15) is 17.6 Å². The number of aromatic nitrogens is 1. The number of anilines is 1. The second kappa shape index (κ2) is 9.23. The molecule has 1 aliphatic rings. The molecule has 7 nitrogen and oxygen atoms in total. The minimum absolute atomic E-state index is 0.145. The summed E-state index contributed by atoms with van der Waals surface area (Å²) in [6, 6.07) is 9.11. The number of carbonyl (C=O) groups is 1. The van der Waals surface area contributed by atoms with Crippen molar-refractivity contribution in [3.63, 3.8) is 0 Å². The van der Waals surface area contributed by atoms with Gasteiger partial charge in [0.25, 0.3) is 5.91 Å². The quantitative estimate of drug-likeness (QED) is 0.804. The number of benzene rings is 1. The monoisotopic (exact) mass is 371 g/mol. The zero-order valence-electron chi connectivity index (χ0n) is 15.7. The van der Waals surface area contributed by atoms with Crippen LogP contribution in [0.25, 0.3) is 0 Å². The Morgan fingerprint density at radius 2 is 2.15 bits per heavy atom. The van der Waals surface area contributed by atoms with Crippen molar-refractivity contribution in [2.75, 3.05) is 44.9 Å². The first kappa shape index (κ1) is 19.0. The highest BCUT2D eigenvalue weighted by atomic mass is 16.5. The van der Waals surface area contributed by atoms with Crippen molar-refractivity contribution in [3.05, 3.63) is 48.3 Å². The van der Waals surface area contributed by atoms with E-state index in [0.717, 1.165) is 24.5 Å². The van der Waals surface area contributed by atoms with Gasteiger partial charge in [0.15, 0.2) is 0 Å². The predicted octanol–water partition coefficient (Wildman–Crippen LogP) is 2.12. The highest BCUT2D eigenvalue weighted by Crippen LogP contribution is 2.30. The van der Waals surface area contributed by atoms with Crippen molar-refractivity contribution in [1.82, 2.24) is 10.3 Å². The summed E-state index contributed by atoms with van der Waals surface area (Å²) in [5.41, 5.74) is 1.50. The van der Waals surface area contributed by atoms with Crippen molar-refractivity contribution in [2.45, 2.75) is 13.0 Å². The van der Waals surface area contributed by atoms with E-state index in [1.165, 1.54) is 0 Å². The van der Waals surface area contributed by atoms with Crippen LogP contribution in [0.1, 0.15) is 17.3 Å². The van der Waals surface area contributed by atoms with E-state index in [1.54, 1.807) is 25.6 Å². The van der Waals surface area contributed by atoms with Gasteiger partial charge in [0, 0.05) is 24.8 Å². The summed E-state index contributed by atoms with van der Waals surface area (Å²) in [5.74, 6) is 1.29. The number of morpholine rings is 1. The number of amides is 1. The summed E-state index contributed by atoms with van der Waals surface area (Å²) >= 11 is 0. The van der Waals surface area contributed by atoms with E-state index in [0.29, 0.717) is 31.1 Å². The molecule has 1 fully saturated rings. The number of hydrogen-bond donors (Lipinski definition) is 1. The lowest BCUT2D eigenvalue weighted by Gasteiger charge is -2.30. The third-order valence-corrected chi connectivity index (χ3v) is 4.31. The molecule has 144 valence electrons. The molecule has 1 atom stereocenters. The number of rotatable bonds is 7. The summed E-state index contributed by atoms with van der Waals surface area (Å²) in [5, 5.41) is 2.92. The fraction of sp³-hybridized carbons (Fsp3) is 0.400. The van der Waals surface area contributed by atoms with E-state index in [1.807, 2.05) is 31.2 Å². The highest BCUT2D eigenvalue weighted by Gasteiger charge is 2.18. The number of nitrogens with zero attached hydrogens (tertiary/aromatic N) is 2. The van der Waals surface area contributed by atoms with Crippen LogP contribution in [0.2, 0.25) is 0 Å². The molecule has 7 heteroatoms. The highest BCUT2D eigenvalue weighted by molar-refractivity contribution is 5.95. The minimum Gasteiger partial charge on any atom is -0.495 e. The van der Waals surface area contributed by atoms with Crippen molar-refractivity contribution in [1.29, 1.82) is 0 Å². The zero-order valence-corrected chi connectivity index (χ0v) is 15.7. The van der Waals surface area contributed by atoms with Crippen LogP contribution in [0.3, 0.4) is 0 Å². The van der Waals surface area contributed by atoms with Gasteiger partial charge < -0.3 is 24.4 Å². The largest absolute Gasteiger partial charge is 0.495 e. The summed E-state index contributed by atoms with van der Waals surface area (Å²) in [7, 11) is 1.64. The van der Waals surface area contributed by atoms with E-state index in [4.69, 9.17) is 14.2 Å². The molecular formula is C20H25N3O4. The van der Waals surface area contributed by atoms with E-state index < -0.39 is 0 Å². The van der Waals surface area contributed by atoms with Crippen LogP contribution < -0.4 is 19.7 Å². The Morgan fingerprint density at radius 3 is 2.85 bits per heavy atom. The van der Waals surface area contributed by atoms with Crippen molar-refractivity contribution < 1.29 is 19.0 Å². The first-order valence-corrected chi connectivity index (χ1v) is 9.03. The Labute approximate surface area is 159 Å². The lowest BCUT2D eigenvalue weighted by Crippen LogP contribution is -2.37. The molecule has 1 amide bonds. The van der Waals surface area contributed by atoms with Gasteiger partial charge in [-0.1, -0.05) is 0 Å². The molecule has 1 unspecified atom stereocenters. The Balaban J connectivity index is 1.62. The number of ether oxygens (including phenoxy) is 3. The molecule has 0 saturated carbocycles. The van der Waals surface area contributed by atoms with Crippen LogP contribution >= 0.6 is 0 Å². The standard InChI is InChI=1S/C20H25N3O4/c1-15(27-17-4-3-7-21-14-17)13-22-20(24)16-5-6-19(25-2)18(12-16)23-8-10-26-11-9-23/h3-7,12,14-15H,8-11,13H2,1-2H3,(H,22,24). The Hall–Kier alpha value is -2.80. The Bertz CT molecular complexity index is 748. The molecule has 2 aromatic rings. The summed E-state index contributed by atoms with van der Waals surface area (Å²) < 4.78 is 16.6. The maximum atomic E-state index is 12.6. The number of methoxy groups -OCH3 is 1. The van der Waals surface area contributed by atoms with Gasteiger partial charge in [-0.2, -0.15) is 0 Å². The second-order valence-corrected chi connectivity index (χ2v) is 6.31. The first-order valence-electron chi connectivity index (χ1n) is 9.03. The first-order chi connectivity index (χ1) is 13.2. The van der Waals surface area contributed by atoms with E-state index in [2.05, 4.69) is 15.2 Å². The minimum atomic E-state index is -0.171. The van der Waals surface area contributed by atoms with Gasteiger partial charge in [-0.25, -0.2) is 0 Å². The van der Waals surface area contributed by atoms with Crippen LogP contribution in [0.15, 0.2) is 42.7 Å². The summed E-state index contributed by atoms with van der Waals surface area (Å²) in [6.45, 7) is 5.19. The normalized spacial score (nSPS) is 15.1. The molecule has 1 aromatic carbocycles. The van der Waals surface area contributed by atoms with Gasteiger partial charge in [-0.15, -0.1) is 0 Å². The van der Waals surface area contributed by atoms with Gasteiger partial charge in [0.2, 0.25) is 0 Å². The average molecular weight is 371 g/mol. The summed E-state index contributed by atoms with van der Waals surface area (Å²) in [6.07, 6.45) is 3.17. The lowest BCUT2D eigenvalue weighted by atomic mass is 10.1. The van der Waals surface area contributed by atoms with E-state index >= 15 is 0 Å². The number of carbonyl (C=O) groups excluding carboxylic acids is 1. The molecule has 0 aliphatic carbocycles. The third-order valence-electron chi connectivity index (χ3n) is 4.31. The van der Waals surface area contributed by atoms with Crippen LogP contribution in [0, 0.1) is 0 Å². The van der Waals surface area contributed by atoms with Crippen molar-refractivity contribution in [3.8, 4) is 11.5 Å². The maximum Gasteiger partial charge on any atom is 0.251 e. The second-order valence-electron chi connectivity index (χ2n) is 6.31. The average Bonchev–Trinajstić information content (AvgIpc) is 2.73. The molecule has 0 bridgehead atoms. The van der Waals surface area contributed by atoms with Gasteiger partial charge in [0.05, 0.1) is 38.8 Å². The topological polar surface area (TPSA) is 72.9 Å². The SMILES string of the molecule is COc1ccc(C(=O)NCC(C)Oc2cccnc2)cc1N1CCOCC1. The van der Waals surface area contributed by atoms with Gasteiger partial charge in [-0.05, 0) is 37.3 Å². The maximum absolute atomic E-state index is 12.6. The van der Waals surface area contributed by atoms with Crippen LogP contribution in [0.4, 0.5) is 5.69 Å². The van der Waals surface area contributed by atoms with E-state index in [-0.39, 0.29) is 12.0 Å². The van der Waals surface area contributed by atoms with Gasteiger partial charge in [-0.3, -0.25) is 9.78 Å².